The van der Waals surface area contributed by atoms with Crippen molar-refractivity contribution in [3.8, 4) is 0 Å². The normalized spacial score (nSPS) is 29.9. The predicted octanol–water partition coefficient (Wildman–Crippen LogP) is 3.92. The quantitative estimate of drug-likeness (QED) is 0.570. The van der Waals surface area contributed by atoms with Crippen molar-refractivity contribution in [2.75, 3.05) is 6.61 Å². The van der Waals surface area contributed by atoms with Crippen LogP contribution in [0, 0.1) is 11.8 Å². The fourth-order valence-electron chi connectivity index (χ4n) is 3.30. The minimum Gasteiger partial charge on any atom is -0.393 e. The molecule has 4 heteroatoms. The molecular weight excluding hydrogens is 256 g/mol. The highest BCUT2D eigenvalue weighted by Gasteiger charge is 2.61. The Morgan fingerprint density at radius 1 is 1.16 bits per heavy atom. The zero-order valence-corrected chi connectivity index (χ0v) is 14.7. The van der Waals surface area contributed by atoms with Crippen molar-refractivity contribution < 1.29 is 13.6 Å². The first-order valence-electron chi connectivity index (χ1n) is 7.23. The molecule has 0 unspecified atom stereocenters. The molecule has 1 saturated heterocycles. The van der Waals surface area contributed by atoms with Crippen LogP contribution in [0.5, 0.6) is 0 Å². The Balaban J connectivity index is 3.18. The van der Waals surface area contributed by atoms with Crippen LogP contribution in [-0.4, -0.2) is 27.6 Å². The molecule has 0 aromatic carbocycles. The lowest BCUT2D eigenvalue weighted by Gasteiger charge is -2.55. The van der Waals surface area contributed by atoms with Crippen LogP contribution >= 0.6 is 0 Å². The van der Waals surface area contributed by atoms with Gasteiger partial charge in [-0.05, 0) is 0 Å². The minimum absolute atomic E-state index is 0.0173. The van der Waals surface area contributed by atoms with E-state index in [1.54, 1.807) is 0 Å². The van der Waals surface area contributed by atoms with Crippen LogP contribution in [0.15, 0.2) is 0 Å². The Morgan fingerprint density at radius 2 is 1.63 bits per heavy atom. The molecule has 0 aromatic heterocycles. The molecule has 0 spiro atoms. The van der Waals surface area contributed by atoms with Gasteiger partial charge in [-0.25, -0.2) is 0 Å². The van der Waals surface area contributed by atoms with Gasteiger partial charge in [-0.1, -0.05) is 55.4 Å². The predicted molar refractivity (Wildman–Crippen MR) is 80.4 cm³/mol. The van der Waals surface area contributed by atoms with E-state index in [9.17, 15) is 4.79 Å². The average Bonchev–Trinajstić information content (AvgIpc) is 2.25. The second-order valence-corrected chi connectivity index (χ2v) is 12.7. The Labute approximate surface area is 119 Å². The third kappa shape index (κ3) is 2.95. The number of aldehydes is 1. The van der Waals surface area contributed by atoms with Gasteiger partial charge in [0.25, 0.3) is 0 Å². The molecule has 1 rings (SSSR count). The molecule has 1 aliphatic rings. The summed E-state index contributed by atoms with van der Waals surface area (Å²) in [5.74, 6) is 0.195. The molecule has 1 heterocycles. The molecule has 0 amide bonds. The zero-order valence-electron chi connectivity index (χ0n) is 13.7. The molecule has 0 N–H and O–H groups in total. The molecule has 112 valence electrons. The van der Waals surface area contributed by atoms with Gasteiger partial charge in [0.05, 0.1) is 6.10 Å². The van der Waals surface area contributed by atoms with Gasteiger partial charge in [0.15, 0.2) is 0 Å². The molecule has 19 heavy (non-hydrogen) atoms. The zero-order chi connectivity index (χ0) is 15.1. The van der Waals surface area contributed by atoms with Crippen molar-refractivity contribution in [2.24, 2.45) is 11.8 Å². The minimum atomic E-state index is -2.43. The van der Waals surface area contributed by atoms with E-state index in [-0.39, 0.29) is 28.0 Å². The summed E-state index contributed by atoms with van der Waals surface area (Å²) in [6, 6.07) is 0. The molecule has 1 aliphatic heterocycles. The maximum Gasteiger partial charge on any atom is 0.349 e. The molecule has 3 nitrogen and oxygen atoms in total. The van der Waals surface area contributed by atoms with Crippen LogP contribution in [-0.2, 0) is 13.6 Å². The fraction of sp³-hybridized carbons (Fsp3) is 0.933. The van der Waals surface area contributed by atoms with Gasteiger partial charge in [0, 0.05) is 28.5 Å². The van der Waals surface area contributed by atoms with Crippen LogP contribution in [0.25, 0.3) is 0 Å². The van der Waals surface area contributed by atoms with E-state index in [0.717, 1.165) is 6.29 Å². The van der Waals surface area contributed by atoms with Crippen LogP contribution in [0.4, 0.5) is 0 Å². The summed E-state index contributed by atoms with van der Waals surface area (Å²) < 4.78 is 12.9. The summed E-state index contributed by atoms with van der Waals surface area (Å²) >= 11 is 0. The molecule has 0 aliphatic carbocycles. The van der Waals surface area contributed by atoms with Crippen LogP contribution in [0.1, 0.15) is 55.4 Å². The number of carbonyl (C=O) groups is 1. The summed E-state index contributed by atoms with van der Waals surface area (Å²) in [6.07, 6.45) is 0.994. The van der Waals surface area contributed by atoms with Crippen molar-refractivity contribution in [1.29, 1.82) is 0 Å². The van der Waals surface area contributed by atoms with Crippen LogP contribution < -0.4 is 0 Å². The number of rotatable bonds is 2. The van der Waals surface area contributed by atoms with Crippen molar-refractivity contribution in [3.63, 3.8) is 0 Å². The summed E-state index contributed by atoms with van der Waals surface area (Å²) in [4.78, 5) is 11.2. The molecular formula is C15H30O3Si. The monoisotopic (exact) mass is 286 g/mol. The van der Waals surface area contributed by atoms with Gasteiger partial charge < -0.3 is 13.6 Å². The molecule has 3 atom stereocenters. The van der Waals surface area contributed by atoms with Crippen LogP contribution in [0.2, 0.25) is 10.1 Å². The van der Waals surface area contributed by atoms with Gasteiger partial charge in [0.2, 0.25) is 0 Å². The molecule has 0 saturated carbocycles. The lowest BCUT2D eigenvalue weighted by atomic mass is 9.95. The highest BCUT2D eigenvalue weighted by Crippen LogP contribution is 2.55. The van der Waals surface area contributed by atoms with Crippen molar-refractivity contribution in [1.82, 2.24) is 0 Å². The standard InChI is InChI=1S/C15H30O3Si/c1-11(9-16)13-12(2)10-17-19(18-13,14(3,4)5)15(6,7)8/h9,11-13H,10H2,1-8H3/t11-,12+,13+/m1/s1. The second-order valence-electron chi connectivity index (χ2n) is 7.98. The highest BCUT2D eigenvalue weighted by atomic mass is 28.4. The van der Waals surface area contributed by atoms with Crippen molar-refractivity contribution in [3.05, 3.63) is 0 Å². The van der Waals surface area contributed by atoms with E-state index in [4.69, 9.17) is 8.85 Å². The van der Waals surface area contributed by atoms with Crippen molar-refractivity contribution >= 4 is 14.8 Å². The largest absolute Gasteiger partial charge is 0.393 e. The smallest absolute Gasteiger partial charge is 0.349 e. The SMILES string of the molecule is C[C@H](C=O)[C@@H]1O[Si](C(C)(C)C)(C(C)(C)C)OC[C@@H]1C. The summed E-state index contributed by atoms with van der Waals surface area (Å²) in [7, 11) is -2.43. The summed E-state index contributed by atoms with van der Waals surface area (Å²) in [6.45, 7) is 17.9. The van der Waals surface area contributed by atoms with Gasteiger partial charge in [-0.15, -0.1) is 0 Å². The maximum absolute atomic E-state index is 11.2. The second kappa shape index (κ2) is 5.30. The van der Waals surface area contributed by atoms with E-state index in [0.29, 0.717) is 6.61 Å². The Kier molecular flexibility index (Phi) is 4.70. The van der Waals surface area contributed by atoms with Crippen molar-refractivity contribution in [2.45, 2.75) is 71.6 Å². The molecule has 1 fully saturated rings. The van der Waals surface area contributed by atoms with Gasteiger partial charge in [-0.3, -0.25) is 0 Å². The number of hydrogen-bond donors (Lipinski definition) is 0. The van der Waals surface area contributed by atoms with E-state index >= 15 is 0 Å². The topological polar surface area (TPSA) is 35.5 Å². The fourth-order valence-corrected chi connectivity index (χ4v) is 8.52. The van der Waals surface area contributed by atoms with E-state index < -0.39 is 8.56 Å². The molecule has 0 aromatic rings. The van der Waals surface area contributed by atoms with Gasteiger partial charge >= 0.3 is 8.56 Å². The average molecular weight is 286 g/mol. The van der Waals surface area contributed by atoms with E-state index in [1.807, 2.05) is 6.92 Å². The molecule has 0 bridgehead atoms. The first-order chi connectivity index (χ1) is 8.46. The lowest BCUT2D eigenvalue weighted by Crippen LogP contribution is -2.64. The van der Waals surface area contributed by atoms with E-state index in [2.05, 4.69) is 48.5 Å². The lowest BCUT2D eigenvalue weighted by molar-refractivity contribution is -0.117. The summed E-state index contributed by atoms with van der Waals surface area (Å²) in [5.41, 5.74) is 0. The van der Waals surface area contributed by atoms with Gasteiger partial charge in [-0.2, -0.15) is 0 Å². The first kappa shape index (κ1) is 16.9. The number of carbonyl (C=O) groups excluding carboxylic acids is 1. The Morgan fingerprint density at radius 3 is 2.00 bits per heavy atom. The third-order valence-corrected chi connectivity index (χ3v) is 9.25. The Bertz CT molecular complexity index is 313. The molecule has 0 radical (unpaired) electrons. The maximum atomic E-state index is 11.2. The Hall–Kier alpha value is -0.193. The highest BCUT2D eigenvalue weighted by molar-refractivity contribution is 6.73. The first-order valence-corrected chi connectivity index (χ1v) is 9.05. The summed E-state index contributed by atoms with van der Waals surface area (Å²) in [5, 5.41) is -0.0432. The number of hydrogen-bond acceptors (Lipinski definition) is 3. The van der Waals surface area contributed by atoms with E-state index in [1.165, 1.54) is 0 Å². The third-order valence-electron chi connectivity index (χ3n) is 4.12. The van der Waals surface area contributed by atoms with Gasteiger partial charge in [0.1, 0.15) is 6.29 Å². The van der Waals surface area contributed by atoms with Crippen LogP contribution in [0.3, 0.4) is 0 Å².